The molecule has 8 heteroatoms. The molecule has 0 radical (unpaired) electrons. The second kappa shape index (κ2) is 5.32. The molecule has 0 aromatic carbocycles. The van der Waals surface area contributed by atoms with Crippen LogP contribution >= 0.6 is 11.8 Å². The topological polar surface area (TPSA) is 94.8 Å². The lowest BCUT2D eigenvalue weighted by Gasteiger charge is -2.39. The average Bonchev–Trinajstić information content (AvgIpc) is 2.76. The van der Waals surface area contributed by atoms with E-state index in [9.17, 15) is 15.3 Å². The van der Waals surface area contributed by atoms with Crippen molar-refractivity contribution in [3.8, 4) is 0 Å². The van der Waals surface area contributed by atoms with Gasteiger partial charge >= 0.3 is 0 Å². The van der Waals surface area contributed by atoms with Crippen molar-refractivity contribution in [2.75, 3.05) is 14.2 Å². The third kappa shape index (κ3) is 2.36. The normalized spacial score (nSPS) is 41.2. The van der Waals surface area contributed by atoms with Gasteiger partial charge in [-0.3, -0.25) is 9.83 Å². The summed E-state index contributed by atoms with van der Waals surface area (Å²) in [6.07, 6.45) is -3.88. The Balaban J connectivity index is 2.13. The van der Waals surface area contributed by atoms with Crippen LogP contribution in [0.4, 0.5) is 0 Å². The Hall–Kier alpha value is -0.380. The maximum Gasteiger partial charge on any atom is 0.186 e. The van der Waals surface area contributed by atoms with E-state index in [1.54, 1.807) is 7.05 Å². The highest BCUT2D eigenvalue weighted by Crippen LogP contribution is 2.37. The van der Waals surface area contributed by atoms with Gasteiger partial charge in [-0.25, -0.2) is 5.06 Å². The summed E-state index contributed by atoms with van der Waals surface area (Å²) in [6, 6.07) is -0.549. The highest BCUT2D eigenvalue weighted by atomic mass is 32.2. The standard InChI is InChI=1S/C10H18N2O5S/c1-4(13)8-7(15)6(14)5-9(17-8)18-10(11-5)12(2)16-3/h4-9,13-15H,1-3H3/t4-,5+,6+,7-,8+,9+/m0/s1. The number of amidine groups is 1. The van der Waals surface area contributed by atoms with Crippen molar-refractivity contribution in [1.29, 1.82) is 0 Å². The van der Waals surface area contributed by atoms with Gasteiger partial charge in [-0.2, -0.15) is 0 Å². The zero-order valence-corrected chi connectivity index (χ0v) is 11.2. The molecular formula is C10H18N2O5S. The molecule has 0 aliphatic carbocycles. The number of ether oxygens (including phenoxy) is 1. The van der Waals surface area contributed by atoms with Crippen LogP contribution in [-0.2, 0) is 9.57 Å². The minimum absolute atomic E-state index is 0.421. The third-order valence-electron chi connectivity index (χ3n) is 3.11. The van der Waals surface area contributed by atoms with Crippen molar-refractivity contribution in [2.45, 2.75) is 42.8 Å². The number of rotatable bonds is 2. The molecule has 0 amide bonds. The van der Waals surface area contributed by atoms with Crippen molar-refractivity contribution in [3.63, 3.8) is 0 Å². The summed E-state index contributed by atoms with van der Waals surface area (Å²) in [5.41, 5.74) is -0.421. The monoisotopic (exact) mass is 278 g/mol. The Morgan fingerprint density at radius 3 is 2.67 bits per heavy atom. The molecule has 2 rings (SSSR count). The molecule has 0 aromatic heterocycles. The lowest BCUT2D eigenvalue weighted by molar-refractivity contribution is -0.181. The molecule has 18 heavy (non-hydrogen) atoms. The number of hydroxylamine groups is 2. The van der Waals surface area contributed by atoms with Crippen LogP contribution in [0.5, 0.6) is 0 Å². The van der Waals surface area contributed by atoms with Gasteiger partial charge in [0.1, 0.15) is 29.8 Å². The van der Waals surface area contributed by atoms with Crippen molar-refractivity contribution in [1.82, 2.24) is 5.06 Å². The van der Waals surface area contributed by atoms with Crippen LogP contribution in [0, 0.1) is 0 Å². The molecule has 2 aliphatic rings. The summed E-state index contributed by atoms with van der Waals surface area (Å²) < 4.78 is 5.59. The van der Waals surface area contributed by atoms with Gasteiger partial charge in [-0.05, 0) is 6.92 Å². The van der Waals surface area contributed by atoms with Crippen LogP contribution in [0.15, 0.2) is 4.99 Å². The van der Waals surface area contributed by atoms with Crippen LogP contribution in [-0.4, -0.2) is 75.6 Å². The van der Waals surface area contributed by atoms with Gasteiger partial charge in [0.05, 0.1) is 13.2 Å². The summed E-state index contributed by atoms with van der Waals surface area (Å²) in [7, 11) is 3.20. The zero-order chi connectivity index (χ0) is 13.4. The van der Waals surface area contributed by atoms with Gasteiger partial charge in [0.15, 0.2) is 5.17 Å². The third-order valence-corrected chi connectivity index (χ3v) is 4.30. The number of aliphatic hydroxyl groups is 3. The Morgan fingerprint density at radius 1 is 1.44 bits per heavy atom. The lowest BCUT2D eigenvalue weighted by atomic mass is 9.95. The predicted octanol–water partition coefficient (Wildman–Crippen LogP) is -1.22. The van der Waals surface area contributed by atoms with Crippen LogP contribution in [0.3, 0.4) is 0 Å². The van der Waals surface area contributed by atoms with E-state index >= 15 is 0 Å². The highest BCUT2D eigenvalue weighted by Gasteiger charge is 2.49. The van der Waals surface area contributed by atoms with E-state index in [0.717, 1.165) is 0 Å². The smallest absolute Gasteiger partial charge is 0.186 e. The Bertz CT molecular complexity index is 340. The van der Waals surface area contributed by atoms with Crippen LogP contribution in [0.25, 0.3) is 0 Å². The summed E-state index contributed by atoms with van der Waals surface area (Å²) in [5, 5.41) is 31.5. The number of thioether (sulfide) groups is 1. The van der Waals surface area contributed by atoms with E-state index in [1.165, 1.54) is 30.9 Å². The first-order valence-corrected chi connectivity index (χ1v) is 6.55. The van der Waals surface area contributed by atoms with Gasteiger partial charge in [0.2, 0.25) is 0 Å². The summed E-state index contributed by atoms with van der Waals surface area (Å²) in [5.74, 6) is 0. The molecule has 0 bridgehead atoms. The van der Waals surface area contributed by atoms with E-state index < -0.39 is 35.9 Å². The number of nitrogens with zero attached hydrogens (tertiary/aromatic N) is 2. The van der Waals surface area contributed by atoms with E-state index in [2.05, 4.69) is 4.99 Å². The van der Waals surface area contributed by atoms with Gasteiger partial charge in [0.25, 0.3) is 0 Å². The Labute approximate surface area is 109 Å². The second-order valence-corrected chi connectivity index (χ2v) is 5.46. The van der Waals surface area contributed by atoms with E-state index in [0.29, 0.717) is 5.17 Å². The number of hydrogen-bond acceptors (Lipinski definition) is 8. The fourth-order valence-electron chi connectivity index (χ4n) is 2.00. The molecule has 3 N–H and O–H groups in total. The van der Waals surface area contributed by atoms with E-state index in [1.807, 2.05) is 0 Å². The number of hydrogen-bond donors (Lipinski definition) is 3. The first-order valence-electron chi connectivity index (χ1n) is 5.67. The van der Waals surface area contributed by atoms with Crippen molar-refractivity contribution >= 4 is 16.9 Å². The lowest BCUT2D eigenvalue weighted by Crippen LogP contribution is -2.57. The van der Waals surface area contributed by atoms with Crippen molar-refractivity contribution < 1.29 is 24.9 Å². The molecule has 2 heterocycles. The average molecular weight is 278 g/mol. The molecule has 6 atom stereocenters. The largest absolute Gasteiger partial charge is 0.391 e. The summed E-state index contributed by atoms with van der Waals surface area (Å²) >= 11 is 1.30. The molecule has 7 nitrogen and oxygen atoms in total. The van der Waals surface area contributed by atoms with Gasteiger partial charge in [-0.1, -0.05) is 11.8 Å². The number of fused-ring (bicyclic) bond motifs is 1. The van der Waals surface area contributed by atoms with Crippen LogP contribution < -0.4 is 0 Å². The molecule has 104 valence electrons. The summed E-state index contributed by atoms with van der Waals surface area (Å²) in [6.45, 7) is 1.52. The Kier molecular flexibility index (Phi) is 4.15. The first kappa shape index (κ1) is 14.0. The molecule has 0 aromatic rings. The van der Waals surface area contributed by atoms with Gasteiger partial charge < -0.3 is 20.1 Å². The predicted molar refractivity (Wildman–Crippen MR) is 65.9 cm³/mol. The number of aliphatic hydroxyl groups excluding tert-OH is 3. The minimum atomic E-state index is -1.15. The maximum absolute atomic E-state index is 10.0. The fraction of sp³-hybridized carbons (Fsp3) is 0.900. The molecule has 1 fully saturated rings. The van der Waals surface area contributed by atoms with Gasteiger partial charge in [0, 0.05) is 7.05 Å². The minimum Gasteiger partial charge on any atom is -0.391 e. The Morgan fingerprint density at radius 2 is 2.11 bits per heavy atom. The van der Waals surface area contributed by atoms with Crippen LogP contribution in [0.2, 0.25) is 0 Å². The summed E-state index contributed by atoms with van der Waals surface area (Å²) in [4.78, 5) is 9.28. The second-order valence-electron chi connectivity index (χ2n) is 4.39. The molecule has 0 spiro atoms. The molecular weight excluding hydrogens is 260 g/mol. The fourth-order valence-corrected chi connectivity index (χ4v) is 3.16. The van der Waals surface area contributed by atoms with E-state index in [-0.39, 0.29) is 0 Å². The first-order chi connectivity index (χ1) is 8.45. The zero-order valence-electron chi connectivity index (χ0n) is 10.4. The van der Waals surface area contributed by atoms with Crippen LogP contribution in [0.1, 0.15) is 6.92 Å². The van der Waals surface area contributed by atoms with Crippen molar-refractivity contribution in [3.05, 3.63) is 0 Å². The van der Waals surface area contributed by atoms with Gasteiger partial charge in [-0.15, -0.1) is 0 Å². The molecule has 0 saturated carbocycles. The molecule has 0 unspecified atom stereocenters. The highest BCUT2D eigenvalue weighted by molar-refractivity contribution is 8.14. The van der Waals surface area contributed by atoms with E-state index in [4.69, 9.17) is 9.57 Å². The molecule has 2 aliphatic heterocycles. The SMILES string of the molecule is CON(C)C1=N[C@@H]2[C@@H](O)[C@H](O)[C@@H]([C@H](C)O)O[C@@H]2S1. The quantitative estimate of drug-likeness (QED) is 0.545. The van der Waals surface area contributed by atoms with Crippen molar-refractivity contribution in [2.24, 2.45) is 4.99 Å². The number of aliphatic imine (C=N–C) groups is 1. The molecule has 1 saturated heterocycles. The maximum atomic E-state index is 10.0.